The number of anilines is 2. The van der Waals surface area contributed by atoms with Crippen LogP contribution in [0, 0.1) is 6.92 Å². The summed E-state index contributed by atoms with van der Waals surface area (Å²) in [7, 11) is -3.88. The standard InChI is InChI=1S/C18H19N5O3S/c1-3-26-18-15(9-14(11-21-18)27(19,24)25)13-7-8-16(20-10-13)23-17-6-4-5-12(2)22-17/h4-11H,3H2,1-2H3,(H2,19,24,25)(H,20,22,23). The van der Waals surface area contributed by atoms with E-state index in [1.54, 1.807) is 18.3 Å². The Kier molecular flexibility index (Phi) is 5.33. The Morgan fingerprint density at radius 2 is 1.93 bits per heavy atom. The summed E-state index contributed by atoms with van der Waals surface area (Å²) in [6, 6.07) is 10.6. The van der Waals surface area contributed by atoms with Crippen LogP contribution >= 0.6 is 0 Å². The molecule has 0 radical (unpaired) electrons. The highest BCUT2D eigenvalue weighted by molar-refractivity contribution is 7.89. The van der Waals surface area contributed by atoms with Crippen molar-refractivity contribution in [1.82, 2.24) is 15.0 Å². The number of nitrogens with one attached hydrogen (secondary N) is 1. The molecule has 0 aliphatic heterocycles. The van der Waals surface area contributed by atoms with E-state index in [9.17, 15) is 8.42 Å². The van der Waals surface area contributed by atoms with Gasteiger partial charge in [-0.2, -0.15) is 0 Å². The molecule has 0 atom stereocenters. The molecular formula is C18H19N5O3S. The van der Waals surface area contributed by atoms with Crippen LogP contribution in [0.1, 0.15) is 12.6 Å². The van der Waals surface area contributed by atoms with Crippen molar-refractivity contribution in [3.8, 4) is 17.0 Å². The van der Waals surface area contributed by atoms with Gasteiger partial charge in [0.25, 0.3) is 0 Å². The first kappa shape index (κ1) is 18.7. The van der Waals surface area contributed by atoms with E-state index in [2.05, 4.69) is 20.3 Å². The van der Waals surface area contributed by atoms with Crippen LogP contribution < -0.4 is 15.2 Å². The smallest absolute Gasteiger partial charge is 0.239 e. The summed E-state index contributed by atoms with van der Waals surface area (Å²) >= 11 is 0. The average Bonchev–Trinajstić information content (AvgIpc) is 2.62. The molecule has 0 spiro atoms. The van der Waals surface area contributed by atoms with Gasteiger partial charge in [-0.15, -0.1) is 0 Å². The maximum Gasteiger partial charge on any atom is 0.239 e. The second-order valence-electron chi connectivity index (χ2n) is 5.72. The first-order valence-electron chi connectivity index (χ1n) is 8.19. The molecule has 140 valence electrons. The average molecular weight is 385 g/mol. The highest BCUT2D eigenvalue weighted by atomic mass is 32.2. The predicted molar refractivity (Wildman–Crippen MR) is 102 cm³/mol. The van der Waals surface area contributed by atoms with Crippen molar-refractivity contribution in [3.63, 3.8) is 0 Å². The highest BCUT2D eigenvalue weighted by Gasteiger charge is 2.15. The Morgan fingerprint density at radius 3 is 2.56 bits per heavy atom. The number of aromatic nitrogens is 3. The lowest BCUT2D eigenvalue weighted by Gasteiger charge is -2.11. The summed E-state index contributed by atoms with van der Waals surface area (Å²) in [6.45, 7) is 4.11. The second kappa shape index (κ2) is 7.68. The summed E-state index contributed by atoms with van der Waals surface area (Å²) in [4.78, 5) is 12.7. The van der Waals surface area contributed by atoms with E-state index in [1.165, 1.54) is 12.3 Å². The topological polar surface area (TPSA) is 120 Å². The Labute approximate surface area is 157 Å². The van der Waals surface area contributed by atoms with Crippen LogP contribution in [0.15, 0.2) is 53.7 Å². The summed E-state index contributed by atoms with van der Waals surface area (Å²) in [5.41, 5.74) is 2.04. The molecule has 8 nitrogen and oxygen atoms in total. The van der Waals surface area contributed by atoms with Crippen molar-refractivity contribution in [3.05, 3.63) is 54.5 Å². The van der Waals surface area contributed by atoms with Crippen LogP contribution in [0.2, 0.25) is 0 Å². The number of hydrogen-bond acceptors (Lipinski definition) is 7. The minimum atomic E-state index is -3.88. The lowest BCUT2D eigenvalue weighted by atomic mass is 10.1. The number of nitrogens with two attached hydrogens (primary N) is 1. The number of pyridine rings is 3. The van der Waals surface area contributed by atoms with E-state index >= 15 is 0 Å². The lowest BCUT2D eigenvalue weighted by molar-refractivity contribution is 0.328. The second-order valence-corrected chi connectivity index (χ2v) is 7.28. The maximum absolute atomic E-state index is 11.6. The quantitative estimate of drug-likeness (QED) is 0.669. The van der Waals surface area contributed by atoms with Gasteiger partial charge in [-0.1, -0.05) is 6.07 Å². The number of sulfonamides is 1. The molecule has 0 saturated heterocycles. The van der Waals surface area contributed by atoms with Crippen molar-refractivity contribution in [2.24, 2.45) is 5.14 Å². The molecule has 0 aliphatic rings. The van der Waals surface area contributed by atoms with Crippen LogP contribution in [0.3, 0.4) is 0 Å². The van der Waals surface area contributed by atoms with E-state index in [-0.39, 0.29) is 4.90 Å². The third kappa shape index (κ3) is 4.57. The fourth-order valence-corrected chi connectivity index (χ4v) is 2.90. The van der Waals surface area contributed by atoms with Crippen LogP contribution in [-0.4, -0.2) is 30.0 Å². The number of rotatable bonds is 6. The van der Waals surface area contributed by atoms with Gasteiger partial charge in [0.1, 0.15) is 16.5 Å². The van der Waals surface area contributed by atoms with Gasteiger partial charge in [-0.05, 0) is 44.2 Å². The largest absolute Gasteiger partial charge is 0.478 e. The Morgan fingerprint density at radius 1 is 1.11 bits per heavy atom. The van der Waals surface area contributed by atoms with Crippen molar-refractivity contribution in [2.45, 2.75) is 18.7 Å². The molecule has 3 heterocycles. The molecular weight excluding hydrogens is 366 g/mol. The molecule has 9 heteroatoms. The zero-order valence-electron chi connectivity index (χ0n) is 14.9. The van der Waals surface area contributed by atoms with Gasteiger partial charge < -0.3 is 10.1 Å². The van der Waals surface area contributed by atoms with Gasteiger partial charge in [0, 0.05) is 23.0 Å². The van der Waals surface area contributed by atoms with E-state index in [0.717, 1.165) is 5.69 Å². The number of primary sulfonamides is 1. The zero-order valence-corrected chi connectivity index (χ0v) is 15.7. The summed E-state index contributed by atoms with van der Waals surface area (Å²) in [5.74, 6) is 1.60. The molecule has 3 aromatic heterocycles. The van der Waals surface area contributed by atoms with Gasteiger partial charge in [-0.25, -0.2) is 28.5 Å². The van der Waals surface area contributed by atoms with Gasteiger partial charge in [0.2, 0.25) is 15.9 Å². The van der Waals surface area contributed by atoms with Crippen molar-refractivity contribution >= 4 is 21.7 Å². The molecule has 0 aromatic carbocycles. The number of aryl methyl sites for hydroxylation is 1. The summed E-state index contributed by atoms with van der Waals surface area (Å²) < 4.78 is 28.8. The Bertz CT molecular complexity index is 1050. The maximum atomic E-state index is 11.6. The first-order chi connectivity index (χ1) is 12.9. The fourth-order valence-electron chi connectivity index (χ4n) is 2.42. The molecule has 0 amide bonds. The Hall–Kier alpha value is -3.04. The van der Waals surface area contributed by atoms with Crippen molar-refractivity contribution in [2.75, 3.05) is 11.9 Å². The fraction of sp³-hybridized carbons (Fsp3) is 0.167. The molecule has 0 bridgehead atoms. The van der Waals surface area contributed by atoms with E-state index < -0.39 is 10.0 Å². The van der Waals surface area contributed by atoms with Crippen LogP contribution in [0.25, 0.3) is 11.1 Å². The minimum Gasteiger partial charge on any atom is -0.478 e. The summed E-state index contributed by atoms with van der Waals surface area (Å²) in [5, 5.41) is 8.32. The zero-order chi connectivity index (χ0) is 19.4. The van der Waals surface area contributed by atoms with Gasteiger partial charge in [-0.3, -0.25) is 0 Å². The predicted octanol–water partition coefficient (Wildman–Crippen LogP) is 2.64. The van der Waals surface area contributed by atoms with E-state index in [4.69, 9.17) is 9.88 Å². The van der Waals surface area contributed by atoms with Gasteiger partial charge in [0.05, 0.1) is 12.8 Å². The van der Waals surface area contributed by atoms with Crippen LogP contribution in [-0.2, 0) is 10.0 Å². The number of ether oxygens (including phenoxy) is 1. The SMILES string of the molecule is CCOc1ncc(S(N)(=O)=O)cc1-c1ccc(Nc2cccc(C)n2)nc1. The molecule has 3 rings (SSSR count). The molecule has 0 fully saturated rings. The molecule has 0 unspecified atom stereocenters. The molecule has 0 aliphatic carbocycles. The third-order valence-electron chi connectivity index (χ3n) is 3.65. The number of hydrogen-bond donors (Lipinski definition) is 2. The molecule has 3 aromatic rings. The first-order valence-corrected chi connectivity index (χ1v) is 9.74. The van der Waals surface area contributed by atoms with Gasteiger partial charge >= 0.3 is 0 Å². The van der Waals surface area contributed by atoms with Gasteiger partial charge in [0.15, 0.2) is 0 Å². The highest BCUT2D eigenvalue weighted by Crippen LogP contribution is 2.30. The van der Waals surface area contributed by atoms with E-state index in [1.807, 2.05) is 32.0 Å². The normalized spacial score (nSPS) is 11.2. The van der Waals surface area contributed by atoms with E-state index in [0.29, 0.717) is 35.2 Å². The Balaban J connectivity index is 1.94. The van der Waals surface area contributed by atoms with Crippen molar-refractivity contribution in [1.29, 1.82) is 0 Å². The molecule has 3 N–H and O–H groups in total. The van der Waals surface area contributed by atoms with Crippen LogP contribution in [0.5, 0.6) is 5.88 Å². The third-order valence-corrected chi connectivity index (χ3v) is 4.53. The molecule has 27 heavy (non-hydrogen) atoms. The number of nitrogens with zero attached hydrogens (tertiary/aromatic N) is 3. The molecule has 0 saturated carbocycles. The monoisotopic (exact) mass is 385 g/mol. The van der Waals surface area contributed by atoms with Crippen molar-refractivity contribution < 1.29 is 13.2 Å². The minimum absolute atomic E-state index is 0.0906. The van der Waals surface area contributed by atoms with Crippen LogP contribution in [0.4, 0.5) is 11.6 Å². The lowest BCUT2D eigenvalue weighted by Crippen LogP contribution is -2.13. The summed E-state index contributed by atoms with van der Waals surface area (Å²) in [6.07, 6.45) is 2.78.